The number of rotatable bonds is 4. The van der Waals surface area contributed by atoms with Crippen LogP contribution < -0.4 is 9.97 Å². The van der Waals surface area contributed by atoms with Crippen LogP contribution in [0.1, 0.15) is 0 Å². The van der Waals surface area contributed by atoms with E-state index in [9.17, 15) is 33.7 Å². The second kappa shape index (κ2) is 13.4. The first-order valence-corrected chi connectivity index (χ1v) is 24.6. The molecular formula is C32H12Cl4CuN8O8S4. The Bertz CT molecular complexity index is 3390. The van der Waals surface area contributed by atoms with Gasteiger partial charge in [0.05, 0.1) is 42.9 Å². The van der Waals surface area contributed by atoms with E-state index in [0.29, 0.717) is 0 Å². The minimum absolute atomic E-state index is 0. The SMILES string of the molecule is O=S(=O)(Cl)c1cccc2c1-c1nc-2nc2[n-]c(nc3nc(nc4[n-]c(n1)c1cccc(S(=O)(=O)Cl)c41)-c1cccc(S(=O)(=O)Cl)c1-3)c1cccc(S(=O)(=O)Cl)c21.[Cu+2]. The van der Waals surface area contributed by atoms with Gasteiger partial charge in [0.25, 0.3) is 36.2 Å². The molecular weight excluding hydrogens is 958 g/mol. The number of halogens is 4. The molecule has 291 valence electrons. The molecule has 0 saturated carbocycles. The van der Waals surface area contributed by atoms with Gasteiger partial charge in [-0.15, -0.1) is 0 Å². The molecule has 8 bridgehead atoms. The number of fused-ring (bicyclic) bond motifs is 20. The van der Waals surface area contributed by atoms with Crippen molar-refractivity contribution in [3.05, 3.63) is 72.8 Å². The summed E-state index contributed by atoms with van der Waals surface area (Å²) in [5.41, 5.74) is -1.09. The summed E-state index contributed by atoms with van der Waals surface area (Å²) in [5, 5.41) is -0.0827. The molecule has 7 aromatic rings. The second-order valence-corrected chi connectivity index (χ2v) is 22.1. The largest absolute Gasteiger partial charge is 2.00 e. The van der Waals surface area contributed by atoms with Gasteiger partial charge in [-0.05, 0) is 35.0 Å². The molecule has 0 saturated heterocycles. The Kier molecular flexibility index (Phi) is 9.28. The zero-order valence-corrected chi connectivity index (χ0v) is 34.4. The Morgan fingerprint density at radius 1 is 0.386 bits per heavy atom. The number of aromatic nitrogens is 8. The second-order valence-electron chi connectivity index (χ2n) is 11.9. The Morgan fingerprint density at radius 2 is 0.702 bits per heavy atom. The van der Waals surface area contributed by atoms with Crippen LogP contribution in [-0.2, 0) is 53.3 Å². The summed E-state index contributed by atoms with van der Waals surface area (Å²) in [4.78, 5) is 34.7. The number of hydrogen-bond donors (Lipinski definition) is 0. The molecule has 2 aliphatic rings. The van der Waals surface area contributed by atoms with E-state index in [4.69, 9.17) is 42.7 Å². The molecule has 0 fully saturated rings. The molecule has 0 unspecified atom stereocenters. The first kappa shape index (κ1) is 39.5. The van der Waals surface area contributed by atoms with Gasteiger partial charge in [0, 0.05) is 98.3 Å². The molecule has 1 radical (unpaired) electrons. The molecule has 25 heteroatoms. The van der Waals surface area contributed by atoms with Gasteiger partial charge in [-0.25, -0.2) is 43.6 Å². The van der Waals surface area contributed by atoms with E-state index in [1.54, 1.807) is 0 Å². The molecule has 0 aliphatic carbocycles. The predicted molar refractivity (Wildman–Crippen MR) is 206 cm³/mol. The summed E-state index contributed by atoms with van der Waals surface area (Å²) in [7, 11) is 5.60. The van der Waals surface area contributed by atoms with Gasteiger partial charge in [-0.3, -0.25) is 0 Å². The van der Waals surface area contributed by atoms with Gasteiger partial charge in [0.2, 0.25) is 0 Å². The van der Waals surface area contributed by atoms with E-state index in [2.05, 4.69) is 39.9 Å². The standard InChI is InChI=1S/C32H12Cl4N8O8S4.Cu/c33-53(45,46)17-9-1-5-13-21(17)29-37-25(13)41-30-22-14(6-2-10-18(22)54(34,47)48)27(38-30)43-32-24-16(8-4-12-20(24)56(36,51)52)28(40-32)44-31-23-15(26(39-31)42-29)7-3-11-19(23)55(35,49)50;/h1-12H;/q-2;+2. The van der Waals surface area contributed by atoms with Gasteiger partial charge in [-0.1, -0.05) is 48.5 Å². The van der Waals surface area contributed by atoms with Crippen LogP contribution in [0.25, 0.3) is 89.7 Å². The Labute approximate surface area is 348 Å². The van der Waals surface area contributed by atoms with Gasteiger partial charge in [0.1, 0.15) is 0 Å². The van der Waals surface area contributed by atoms with Crippen molar-refractivity contribution < 1.29 is 50.7 Å². The third kappa shape index (κ3) is 6.55. The van der Waals surface area contributed by atoms with E-state index in [0.717, 1.165) is 0 Å². The van der Waals surface area contributed by atoms with Crippen molar-refractivity contribution in [2.75, 3.05) is 0 Å². The Hall–Kier alpha value is -4.28. The van der Waals surface area contributed by atoms with Crippen LogP contribution in [0.2, 0.25) is 0 Å². The van der Waals surface area contributed by atoms with Gasteiger partial charge < -0.3 is 29.9 Å². The van der Waals surface area contributed by atoms with Crippen LogP contribution in [0.5, 0.6) is 0 Å². The van der Waals surface area contributed by atoms with Crippen LogP contribution in [0.3, 0.4) is 0 Å². The smallest absolute Gasteiger partial charge is 0.357 e. The average molecular weight is 970 g/mol. The van der Waals surface area contributed by atoms with Gasteiger partial charge >= 0.3 is 17.1 Å². The summed E-state index contributed by atoms with van der Waals surface area (Å²) in [6.45, 7) is 0. The quantitative estimate of drug-likeness (QED) is 0.149. The van der Waals surface area contributed by atoms with Crippen molar-refractivity contribution >= 4 is 123 Å². The molecule has 2 aliphatic heterocycles. The zero-order valence-electron chi connectivity index (χ0n) is 27.2. The first-order valence-electron chi connectivity index (χ1n) is 15.3. The van der Waals surface area contributed by atoms with E-state index in [-0.39, 0.29) is 107 Å². The maximum atomic E-state index is 12.9. The fraction of sp³-hybridized carbons (Fsp3) is 0. The van der Waals surface area contributed by atoms with E-state index in [1.165, 1.54) is 72.8 Å². The van der Waals surface area contributed by atoms with Crippen molar-refractivity contribution in [1.29, 1.82) is 0 Å². The molecule has 3 aromatic heterocycles. The Morgan fingerprint density at radius 3 is 1.05 bits per heavy atom. The summed E-state index contributed by atoms with van der Waals surface area (Å²) < 4.78 is 103. The summed E-state index contributed by atoms with van der Waals surface area (Å²) in [5.74, 6) is -1.00. The fourth-order valence-corrected chi connectivity index (χ4v) is 10.8. The van der Waals surface area contributed by atoms with Gasteiger partial charge in [-0.2, -0.15) is 0 Å². The predicted octanol–water partition coefficient (Wildman–Crippen LogP) is 5.83. The minimum Gasteiger partial charge on any atom is -0.357 e. The molecule has 16 nitrogen and oxygen atoms in total. The number of benzene rings is 4. The molecule has 57 heavy (non-hydrogen) atoms. The van der Waals surface area contributed by atoms with E-state index < -0.39 is 55.8 Å². The van der Waals surface area contributed by atoms with Crippen LogP contribution in [0, 0.1) is 0 Å². The molecule has 9 rings (SSSR count). The maximum Gasteiger partial charge on any atom is 2.00 e. The van der Waals surface area contributed by atoms with E-state index >= 15 is 0 Å². The zero-order chi connectivity index (χ0) is 39.7. The van der Waals surface area contributed by atoms with E-state index in [1.807, 2.05) is 0 Å². The number of hydrogen-bond acceptors (Lipinski definition) is 14. The summed E-state index contributed by atoms with van der Waals surface area (Å²) >= 11 is 0. The summed E-state index contributed by atoms with van der Waals surface area (Å²) in [6, 6.07) is 16.1. The molecule has 0 amide bonds. The monoisotopic (exact) mass is 967 g/mol. The van der Waals surface area contributed by atoms with Crippen molar-refractivity contribution in [1.82, 2.24) is 39.9 Å². The van der Waals surface area contributed by atoms with Crippen molar-refractivity contribution in [3.63, 3.8) is 0 Å². The van der Waals surface area contributed by atoms with Crippen molar-refractivity contribution in [3.8, 4) is 45.6 Å². The van der Waals surface area contributed by atoms with Crippen LogP contribution >= 0.6 is 42.7 Å². The van der Waals surface area contributed by atoms with Crippen LogP contribution in [0.15, 0.2) is 92.4 Å². The van der Waals surface area contributed by atoms with Gasteiger partial charge in [0.15, 0.2) is 0 Å². The average Bonchev–Trinajstić information content (AvgIpc) is 3.85. The maximum absolute atomic E-state index is 12.9. The van der Waals surface area contributed by atoms with Crippen LogP contribution in [0.4, 0.5) is 0 Å². The number of nitrogens with zero attached hydrogens (tertiary/aromatic N) is 8. The Balaban J connectivity index is 0.00000455. The minimum atomic E-state index is -4.48. The first-order chi connectivity index (χ1) is 26.3. The molecule has 0 N–H and O–H groups in total. The molecule has 0 spiro atoms. The molecule has 4 aromatic carbocycles. The topological polar surface area (TPSA) is 242 Å². The fourth-order valence-electron chi connectivity index (χ4n) is 6.54. The molecule has 0 atom stereocenters. The van der Waals surface area contributed by atoms with Crippen molar-refractivity contribution in [2.45, 2.75) is 19.6 Å². The van der Waals surface area contributed by atoms with Crippen molar-refractivity contribution in [2.24, 2.45) is 0 Å². The third-order valence-electron chi connectivity index (χ3n) is 8.71. The molecule has 5 heterocycles. The third-order valence-corrected chi connectivity index (χ3v) is 14.2. The van der Waals surface area contributed by atoms with Crippen LogP contribution in [-0.4, -0.2) is 63.6 Å². The normalized spacial score (nSPS) is 13.0. The summed E-state index contributed by atoms with van der Waals surface area (Å²) in [6.07, 6.45) is 0.